The van der Waals surface area contributed by atoms with Crippen molar-refractivity contribution in [2.75, 3.05) is 7.11 Å². The molecule has 0 N–H and O–H groups in total. The molecule has 7 heteroatoms. The summed E-state index contributed by atoms with van der Waals surface area (Å²) in [5, 5.41) is 0. The number of benzene rings is 1. The number of hydrogen-bond acceptors (Lipinski definition) is 5. The molecule has 21 heavy (non-hydrogen) atoms. The van der Waals surface area contributed by atoms with Crippen LogP contribution < -0.4 is 4.74 Å². The fourth-order valence-electron chi connectivity index (χ4n) is 1.80. The minimum absolute atomic E-state index is 0.0951. The Morgan fingerprint density at radius 3 is 2.33 bits per heavy atom. The van der Waals surface area contributed by atoms with Crippen LogP contribution in [0.4, 0.5) is 4.39 Å². The molecule has 1 aromatic rings. The highest BCUT2D eigenvalue weighted by Gasteiger charge is 2.39. The SMILES string of the molecule is COc1c(C=C2C(=O)OC(C)(C)OC2=O)ccc(Br)c1F. The van der Waals surface area contributed by atoms with Gasteiger partial charge in [-0.1, -0.05) is 0 Å². The molecule has 0 radical (unpaired) electrons. The molecule has 1 saturated heterocycles. The van der Waals surface area contributed by atoms with Crippen LogP contribution in [0.25, 0.3) is 6.08 Å². The van der Waals surface area contributed by atoms with Gasteiger partial charge in [-0.15, -0.1) is 0 Å². The molecule has 1 heterocycles. The average molecular weight is 359 g/mol. The fourth-order valence-corrected chi connectivity index (χ4v) is 2.11. The zero-order valence-corrected chi connectivity index (χ0v) is 13.1. The van der Waals surface area contributed by atoms with E-state index in [0.717, 1.165) is 0 Å². The number of carbonyl (C=O) groups excluding carboxylic acids is 2. The average Bonchev–Trinajstić information content (AvgIpc) is 2.37. The van der Waals surface area contributed by atoms with Crippen LogP contribution in [0.2, 0.25) is 0 Å². The van der Waals surface area contributed by atoms with Gasteiger partial charge in [-0.25, -0.2) is 14.0 Å². The maximum absolute atomic E-state index is 13.9. The minimum Gasteiger partial charge on any atom is -0.493 e. The fraction of sp³-hybridized carbons (Fsp3) is 0.286. The van der Waals surface area contributed by atoms with Gasteiger partial charge in [0.25, 0.3) is 5.79 Å². The molecule has 0 aliphatic carbocycles. The van der Waals surface area contributed by atoms with Gasteiger partial charge >= 0.3 is 11.9 Å². The monoisotopic (exact) mass is 358 g/mol. The third-order valence-corrected chi connectivity index (χ3v) is 3.31. The molecule has 1 aliphatic heterocycles. The summed E-state index contributed by atoms with van der Waals surface area (Å²) >= 11 is 3.03. The van der Waals surface area contributed by atoms with Gasteiger partial charge < -0.3 is 14.2 Å². The third-order valence-electron chi connectivity index (χ3n) is 2.70. The van der Waals surface area contributed by atoms with Crippen molar-refractivity contribution in [3.63, 3.8) is 0 Å². The largest absolute Gasteiger partial charge is 0.493 e. The number of hydrogen-bond donors (Lipinski definition) is 0. The van der Waals surface area contributed by atoms with Gasteiger partial charge in [0.15, 0.2) is 11.6 Å². The number of esters is 2. The number of halogens is 2. The predicted octanol–water partition coefficient (Wildman–Crippen LogP) is 2.82. The second-order valence-electron chi connectivity index (χ2n) is 4.72. The maximum atomic E-state index is 13.9. The lowest BCUT2D eigenvalue weighted by molar-refractivity contribution is -0.222. The number of carbonyl (C=O) groups is 2. The van der Waals surface area contributed by atoms with E-state index >= 15 is 0 Å². The molecule has 0 unspecified atom stereocenters. The van der Waals surface area contributed by atoms with Crippen molar-refractivity contribution in [2.45, 2.75) is 19.6 Å². The Hall–Kier alpha value is -1.89. The Morgan fingerprint density at radius 1 is 1.24 bits per heavy atom. The molecular formula is C14H12BrFO5. The van der Waals surface area contributed by atoms with Crippen LogP contribution in [0, 0.1) is 5.82 Å². The second kappa shape index (κ2) is 5.48. The Labute approximate surface area is 128 Å². The van der Waals surface area contributed by atoms with Crippen molar-refractivity contribution in [3.05, 3.63) is 33.6 Å². The van der Waals surface area contributed by atoms with Crippen LogP contribution >= 0.6 is 15.9 Å². The Morgan fingerprint density at radius 2 is 1.81 bits per heavy atom. The van der Waals surface area contributed by atoms with Gasteiger partial charge in [0.2, 0.25) is 0 Å². The topological polar surface area (TPSA) is 61.8 Å². The highest BCUT2D eigenvalue weighted by Crippen LogP contribution is 2.32. The molecule has 112 valence electrons. The van der Waals surface area contributed by atoms with E-state index in [1.54, 1.807) is 0 Å². The van der Waals surface area contributed by atoms with Crippen molar-refractivity contribution in [2.24, 2.45) is 0 Å². The maximum Gasteiger partial charge on any atom is 0.348 e. The molecule has 0 saturated carbocycles. The molecule has 2 rings (SSSR count). The zero-order chi connectivity index (χ0) is 15.8. The summed E-state index contributed by atoms with van der Waals surface area (Å²) in [6.45, 7) is 2.89. The summed E-state index contributed by atoms with van der Waals surface area (Å²) in [6, 6.07) is 2.94. The molecule has 0 amide bonds. The summed E-state index contributed by atoms with van der Waals surface area (Å²) in [5.41, 5.74) is -0.101. The summed E-state index contributed by atoms with van der Waals surface area (Å²) in [5.74, 6) is -3.71. The number of ether oxygens (including phenoxy) is 3. The van der Waals surface area contributed by atoms with Crippen molar-refractivity contribution in [1.82, 2.24) is 0 Å². The van der Waals surface area contributed by atoms with E-state index in [4.69, 9.17) is 14.2 Å². The smallest absolute Gasteiger partial charge is 0.348 e. The van der Waals surface area contributed by atoms with Gasteiger partial charge in [-0.05, 0) is 34.1 Å². The van der Waals surface area contributed by atoms with E-state index in [1.807, 2.05) is 0 Å². The van der Waals surface area contributed by atoms with E-state index in [2.05, 4.69) is 15.9 Å². The Balaban J connectivity index is 2.47. The normalized spacial score (nSPS) is 17.1. The first kappa shape index (κ1) is 15.5. The van der Waals surface area contributed by atoms with E-state index in [0.29, 0.717) is 0 Å². The van der Waals surface area contributed by atoms with Crippen LogP contribution in [-0.2, 0) is 19.1 Å². The van der Waals surface area contributed by atoms with Crippen LogP contribution in [0.5, 0.6) is 5.75 Å². The summed E-state index contributed by atoms with van der Waals surface area (Å²) in [4.78, 5) is 23.7. The highest BCUT2D eigenvalue weighted by atomic mass is 79.9. The lowest BCUT2D eigenvalue weighted by atomic mass is 10.1. The Kier molecular flexibility index (Phi) is 4.04. The van der Waals surface area contributed by atoms with E-state index in [1.165, 1.54) is 39.2 Å². The number of methoxy groups -OCH3 is 1. The summed E-state index contributed by atoms with van der Waals surface area (Å²) in [6.07, 6.45) is 1.17. The van der Waals surface area contributed by atoms with E-state index in [9.17, 15) is 14.0 Å². The van der Waals surface area contributed by atoms with Gasteiger partial charge in [0.05, 0.1) is 11.6 Å². The molecule has 0 aromatic heterocycles. The molecule has 5 nitrogen and oxygen atoms in total. The molecule has 1 fully saturated rings. The zero-order valence-electron chi connectivity index (χ0n) is 11.5. The first-order chi connectivity index (χ1) is 9.75. The Bertz CT molecular complexity index is 629. The van der Waals surface area contributed by atoms with E-state index < -0.39 is 23.5 Å². The molecule has 0 atom stereocenters. The van der Waals surface area contributed by atoms with Crippen molar-refractivity contribution >= 4 is 33.9 Å². The predicted molar refractivity (Wildman–Crippen MR) is 74.9 cm³/mol. The standard InChI is InChI=1S/C14H12BrFO5/c1-14(2)20-12(17)8(13(18)21-14)6-7-4-5-9(15)10(16)11(7)19-3/h4-6H,1-3H3. The van der Waals surface area contributed by atoms with Crippen LogP contribution in [-0.4, -0.2) is 24.8 Å². The van der Waals surface area contributed by atoms with E-state index in [-0.39, 0.29) is 21.4 Å². The highest BCUT2D eigenvalue weighted by molar-refractivity contribution is 9.10. The lowest BCUT2D eigenvalue weighted by Gasteiger charge is -2.29. The summed E-state index contributed by atoms with van der Waals surface area (Å²) in [7, 11) is 1.29. The molecule has 1 aliphatic rings. The summed E-state index contributed by atoms with van der Waals surface area (Å²) < 4.78 is 29.0. The van der Waals surface area contributed by atoms with Gasteiger partial charge in [0.1, 0.15) is 5.57 Å². The second-order valence-corrected chi connectivity index (χ2v) is 5.58. The number of cyclic esters (lactones) is 2. The third kappa shape index (κ3) is 3.07. The molecular weight excluding hydrogens is 347 g/mol. The number of rotatable bonds is 2. The first-order valence-electron chi connectivity index (χ1n) is 5.95. The van der Waals surface area contributed by atoms with Gasteiger partial charge in [0, 0.05) is 19.4 Å². The lowest BCUT2D eigenvalue weighted by Crippen LogP contribution is -2.41. The van der Waals surface area contributed by atoms with Gasteiger partial charge in [-0.3, -0.25) is 0 Å². The minimum atomic E-state index is -1.32. The quantitative estimate of drug-likeness (QED) is 0.462. The van der Waals surface area contributed by atoms with Crippen molar-refractivity contribution in [1.29, 1.82) is 0 Å². The van der Waals surface area contributed by atoms with Crippen molar-refractivity contribution in [3.8, 4) is 5.75 Å². The van der Waals surface area contributed by atoms with Gasteiger partial charge in [-0.2, -0.15) is 0 Å². The van der Waals surface area contributed by atoms with Crippen LogP contribution in [0.3, 0.4) is 0 Å². The van der Waals surface area contributed by atoms with Crippen LogP contribution in [0.1, 0.15) is 19.4 Å². The molecule has 0 spiro atoms. The molecule has 0 bridgehead atoms. The molecule has 1 aromatic carbocycles. The first-order valence-corrected chi connectivity index (χ1v) is 6.75. The van der Waals surface area contributed by atoms with Crippen LogP contribution in [0.15, 0.2) is 22.2 Å². The van der Waals surface area contributed by atoms with Crippen molar-refractivity contribution < 1.29 is 28.2 Å².